The Bertz CT molecular complexity index is 221. The van der Waals surface area contributed by atoms with Crippen LogP contribution in [0.25, 0.3) is 0 Å². The van der Waals surface area contributed by atoms with Crippen molar-refractivity contribution in [2.45, 2.75) is 13.8 Å². The van der Waals surface area contributed by atoms with Crippen molar-refractivity contribution >= 4 is 5.91 Å². The van der Waals surface area contributed by atoms with Gasteiger partial charge in [-0.15, -0.1) is 0 Å². The summed E-state index contributed by atoms with van der Waals surface area (Å²) in [5, 5.41) is 8.19. The maximum atomic E-state index is 10.7. The van der Waals surface area contributed by atoms with E-state index in [0.29, 0.717) is 5.56 Å². The molecule has 0 aliphatic rings. The first-order valence-electron chi connectivity index (χ1n) is 3.84. The molecule has 1 rings (SSSR count). The molecule has 12 heavy (non-hydrogen) atoms. The molecule has 3 nitrogen and oxygen atoms in total. The average molecular weight is 167 g/mol. The predicted octanol–water partition coefficient (Wildman–Crippen LogP) is 1.83. The van der Waals surface area contributed by atoms with E-state index in [1.807, 2.05) is 13.8 Å². The zero-order chi connectivity index (χ0) is 9.40. The van der Waals surface area contributed by atoms with Gasteiger partial charge in [-0.05, 0) is 12.1 Å². The Morgan fingerprint density at radius 1 is 1.25 bits per heavy atom. The first-order chi connectivity index (χ1) is 5.84. The van der Waals surface area contributed by atoms with Crippen LogP contribution in [0.15, 0.2) is 30.3 Å². The van der Waals surface area contributed by atoms with E-state index in [9.17, 15) is 4.79 Å². The molecule has 0 saturated heterocycles. The number of carbonyl (C=O) groups is 1. The van der Waals surface area contributed by atoms with Crippen molar-refractivity contribution in [3.63, 3.8) is 0 Å². The summed E-state index contributed by atoms with van der Waals surface area (Å²) in [7, 11) is 0. The van der Waals surface area contributed by atoms with Crippen molar-refractivity contribution in [3.05, 3.63) is 35.9 Å². The van der Waals surface area contributed by atoms with Gasteiger partial charge in [-0.2, -0.15) is 0 Å². The smallest absolute Gasteiger partial charge is 0.274 e. The van der Waals surface area contributed by atoms with Gasteiger partial charge in [0.05, 0.1) is 0 Å². The third-order valence-electron chi connectivity index (χ3n) is 1.14. The zero-order valence-corrected chi connectivity index (χ0v) is 7.24. The lowest BCUT2D eigenvalue weighted by atomic mass is 10.2. The van der Waals surface area contributed by atoms with Gasteiger partial charge in [0.15, 0.2) is 0 Å². The van der Waals surface area contributed by atoms with Gasteiger partial charge in [0, 0.05) is 5.56 Å². The first-order valence-corrected chi connectivity index (χ1v) is 3.84. The number of carbonyl (C=O) groups excluding carboxylic acids is 1. The minimum absolute atomic E-state index is 0.449. The molecule has 0 bridgehead atoms. The summed E-state index contributed by atoms with van der Waals surface area (Å²) < 4.78 is 0. The van der Waals surface area contributed by atoms with Gasteiger partial charge in [0.2, 0.25) is 0 Å². The highest BCUT2D eigenvalue weighted by molar-refractivity contribution is 5.93. The normalized spacial score (nSPS) is 7.92. The summed E-state index contributed by atoms with van der Waals surface area (Å²) in [5.41, 5.74) is 1.99. The highest BCUT2D eigenvalue weighted by Gasteiger charge is 1.99. The molecule has 0 aliphatic heterocycles. The number of hydrogen-bond acceptors (Lipinski definition) is 2. The van der Waals surface area contributed by atoms with Crippen LogP contribution in [0.3, 0.4) is 0 Å². The Morgan fingerprint density at radius 2 is 1.75 bits per heavy atom. The number of rotatable bonds is 1. The van der Waals surface area contributed by atoms with Crippen LogP contribution in [-0.4, -0.2) is 11.1 Å². The highest BCUT2D eigenvalue weighted by Crippen LogP contribution is 1.96. The number of amides is 1. The second-order valence-electron chi connectivity index (χ2n) is 1.81. The van der Waals surface area contributed by atoms with Crippen LogP contribution < -0.4 is 5.48 Å². The quantitative estimate of drug-likeness (QED) is 0.495. The number of benzene rings is 1. The molecular weight excluding hydrogens is 154 g/mol. The third-order valence-corrected chi connectivity index (χ3v) is 1.14. The van der Waals surface area contributed by atoms with Crippen LogP contribution >= 0.6 is 0 Å². The molecule has 1 aromatic carbocycles. The van der Waals surface area contributed by atoms with Crippen LogP contribution in [0.5, 0.6) is 0 Å². The lowest BCUT2D eigenvalue weighted by Crippen LogP contribution is -2.18. The number of hydrogen-bond donors (Lipinski definition) is 2. The summed E-state index contributed by atoms with van der Waals surface area (Å²) in [6.45, 7) is 4.00. The lowest BCUT2D eigenvalue weighted by molar-refractivity contribution is 0.0706. The van der Waals surface area contributed by atoms with Crippen molar-refractivity contribution in [3.8, 4) is 0 Å². The van der Waals surface area contributed by atoms with Crippen molar-refractivity contribution in [1.29, 1.82) is 0 Å². The Hall–Kier alpha value is -1.35. The molecule has 1 aromatic rings. The van der Waals surface area contributed by atoms with E-state index in [0.717, 1.165) is 0 Å². The van der Waals surface area contributed by atoms with Gasteiger partial charge < -0.3 is 0 Å². The molecule has 0 aliphatic carbocycles. The van der Waals surface area contributed by atoms with Gasteiger partial charge in [-0.1, -0.05) is 32.0 Å². The highest BCUT2D eigenvalue weighted by atomic mass is 16.5. The summed E-state index contributed by atoms with van der Waals surface area (Å²) in [5.74, 6) is -0.486. The van der Waals surface area contributed by atoms with E-state index in [1.165, 1.54) is 0 Å². The molecular formula is C9H13NO2. The second-order valence-corrected chi connectivity index (χ2v) is 1.81. The molecule has 0 heterocycles. The van der Waals surface area contributed by atoms with Gasteiger partial charge in [0.25, 0.3) is 5.91 Å². The molecule has 0 radical (unpaired) electrons. The van der Waals surface area contributed by atoms with E-state index in [2.05, 4.69) is 0 Å². The standard InChI is InChI=1S/C7H7NO2.C2H6/c9-7(8-10)6-4-2-1-3-5-6;1-2/h1-5,10H,(H,8,9);1-2H3. The molecule has 1 amide bonds. The Balaban J connectivity index is 0.000000561. The topological polar surface area (TPSA) is 49.3 Å². The third kappa shape index (κ3) is 3.16. The molecule has 0 unspecified atom stereocenters. The van der Waals surface area contributed by atoms with Crippen molar-refractivity contribution in [1.82, 2.24) is 5.48 Å². The van der Waals surface area contributed by atoms with Gasteiger partial charge in [-0.25, -0.2) is 5.48 Å². The van der Waals surface area contributed by atoms with Crippen LogP contribution in [-0.2, 0) is 0 Å². The maximum absolute atomic E-state index is 10.7. The van der Waals surface area contributed by atoms with Crippen LogP contribution in [0, 0.1) is 0 Å². The van der Waals surface area contributed by atoms with E-state index in [-0.39, 0.29) is 0 Å². The second kappa shape index (κ2) is 6.37. The van der Waals surface area contributed by atoms with Crippen molar-refractivity contribution in [2.24, 2.45) is 0 Å². The molecule has 0 atom stereocenters. The fourth-order valence-electron chi connectivity index (χ4n) is 0.654. The average Bonchev–Trinajstić information content (AvgIpc) is 2.21. The van der Waals surface area contributed by atoms with E-state index < -0.39 is 5.91 Å². The fourth-order valence-corrected chi connectivity index (χ4v) is 0.654. The van der Waals surface area contributed by atoms with Crippen molar-refractivity contribution < 1.29 is 10.0 Å². The molecule has 2 N–H and O–H groups in total. The molecule has 0 aromatic heterocycles. The maximum Gasteiger partial charge on any atom is 0.274 e. The Labute approximate surface area is 72.0 Å². The molecule has 0 fully saturated rings. The molecule has 0 spiro atoms. The predicted molar refractivity (Wildman–Crippen MR) is 47.0 cm³/mol. The molecule has 66 valence electrons. The van der Waals surface area contributed by atoms with E-state index >= 15 is 0 Å². The van der Waals surface area contributed by atoms with Crippen LogP contribution in [0.1, 0.15) is 24.2 Å². The monoisotopic (exact) mass is 167 g/mol. The summed E-state index contributed by atoms with van der Waals surface area (Å²) in [6, 6.07) is 8.49. The minimum atomic E-state index is -0.486. The van der Waals surface area contributed by atoms with Gasteiger partial charge >= 0.3 is 0 Å². The molecule has 3 heteroatoms. The Morgan fingerprint density at radius 3 is 2.17 bits per heavy atom. The van der Waals surface area contributed by atoms with Crippen LogP contribution in [0.2, 0.25) is 0 Å². The minimum Gasteiger partial charge on any atom is -0.288 e. The SMILES string of the molecule is CC.O=C(NO)c1ccccc1. The Kier molecular flexibility index (Phi) is 5.65. The lowest BCUT2D eigenvalue weighted by Gasteiger charge is -1.94. The number of nitrogens with one attached hydrogen (secondary N) is 1. The van der Waals surface area contributed by atoms with E-state index in [1.54, 1.807) is 35.8 Å². The van der Waals surface area contributed by atoms with E-state index in [4.69, 9.17) is 5.21 Å². The molecule has 0 saturated carbocycles. The van der Waals surface area contributed by atoms with Crippen molar-refractivity contribution in [2.75, 3.05) is 0 Å². The summed E-state index contributed by atoms with van der Waals surface area (Å²) in [6.07, 6.45) is 0. The summed E-state index contributed by atoms with van der Waals surface area (Å²) >= 11 is 0. The zero-order valence-electron chi connectivity index (χ0n) is 7.24. The largest absolute Gasteiger partial charge is 0.288 e. The fraction of sp³-hybridized carbons (Fsp3) is 0.222. The van der Waals surface area contributed by atoms with Crippen LogP contribution in [0.4, 0.5) is 0 Å². The van der Waals surface area contributed by atoms with Gasteiger partial charge in [-0.3, -0.25) is 10.0 Å². The van der Waals surface area contributed by atoms with Gasteiger partial charge in [0.1, 0.15) is 0 Å². The first kappa shape index (κ1) is 10.7. The number of hydroxylamine groups is 1. The summed E-state index contributed by atoms with van der Waals surface area (Å²) in [4.78, 5) is 10.7.